The third kappa shape index (κ3) is 4.80. The van der Waals surface area contributed by atoms with Gasteiger partial charge in [-0.15, -0.1) is 16.9 Å². The third-order valence-corrected chi connectivity index (χ3v) is 5.53. The van der Waals surface area contributed by atoms with Gasteiger partial charge in [-0.2, -0.15) is 0 Å². The lowest BCUT2D eigenvalue weighted by Crippen LogP contribution is -2.01. The van der Waals surface area contributed by atoms with Crippen molar-refractivity contribution in [2.75, 3.05) is 5.75 Å². The average molecular weight is 426 g/mol. The van der Waals surface area contributed by atoms with Gasteiger partial charge >= 0.3 is 12.0 Å². The predicted molar refractivity (Wildman–Crippen MR) is 116 cm³/mol. The van der Waals surface area contributed by atoms with Crippen LogP contribution in [0.25, 0.3) is 10.9 Å². The number of benzene rings is 2. The Labute approximate surface area is 177 Å². The first-order valence-electron chi connectivity index (χ1n) is 9.42. The Balaban J connectivity index is 1.80. The molecule has 156 valence electrons. The number of thioether (sulfide) groups is 1. The number of azo groups is 1. The SMILES string of the molecule is CCCn1c(O)c(N=NC(N)=O)c2cc(SCCc3ccc(C(=O)O)cc3)ccc21. The number of amides is 2. The first-order chi connectivity index (χ1) is 14.4. The Morgan fingerprint density at radius 3 is 2.53 bits per heavy atom. The van der Waals surface area contributed by atoms with Crippen LogP contribution in [-0.4, -0.2) is 32.5 Å². The summed E-state index contributed by atoms with van der Waals surface area (Å²) in [5.74, 6) is -0.193. The van der Waals surface area contributed by atoms with Crippen molar-refractivity contribution in [3.8, 4) is 5.88 Å². The molecule has 0 bridgehead atoms. The van der Waals surface area contributed by atoms with Crippen LogP contribution >= 0.6 is 11.8 Å². The summed E-state index contributed by atoms with van der Waals surface area (Å²) < 4.78 is 1.74. The van der Waals surface area contributed by atoms with Crippen molar-refractivity contribution in [1.29, 1.82) is 0 Å². The van der Waals surface area contributed by atoms with Crippen LogP contribution in [0.4, 0.5) is 10.5 Å². The number of urea groups is 1. The molecule has 3 rings (SSSR count). The maximum absolute atomic E-state index is 11.0. The van der Waals surface area contributed by atoms with Crippen molar-refractivity contribution in [2.45, 2.75) is 31.2 Å². The number of primary amides is 1. The van der Waals surface area contributed by atoms with Crippen LogP contribution in [0.3, 0.4) is 0 Å². The number of carbonyl (C=O) groups excluding carboxylic acids is 1. The first-order valence-corrected chi connectivity index (χ1v) is 10.4. The number of aryl methyl sites for hydroxylation is 2. The van der Waals surface area contributed by atoms with Gasteiger partial charge in [-0.05, 0) is 48.7 Å². The smallest absolute Gasteiger partial charge is 0.356 e. The zero-order valence-corrected chi connectivity index (χ0v) is 17.2. The maximum atomic E-state index is 11.0. The zero-order valence-electron chi connectivity index (χ0n) is 16.4. The molecule has 0 aliphatic carbocycles. The summed E-state index contributed by atoms with van der Waals surface area (Å²) in [5, 5.41) is 27.4. The molecule has 3 aromatic rings. The van der Waals surface area contributed by atoms with Gasteiger partial charge in [-0.25, -0.2) is 9.59 Å². The van der Waals surface area contributed by atoms with E-state index in [0.29, 0.717) is 11.9 Å². The fraction of sp³-hybridized carbons (Fsp3) is 0.238. The molecule has 30 heavy (non-hydrogen) atoms. The van der Waals surface area contributed by atoms with E-state index in [4.69, 9.17) is 10.8 Å². The lowest BCUT2D eigenvalue weighted by Gasteiger charge is -2.06. The fourth-order valence-corrected chi connectivity index (χ4v) is 4.08. The van der Waals surface area contributed by atoms with Crippen molar-refractivity contribution >= 4 is 40.4 Å². The van der Waals surface area contributed by atoms with Crippen LogP contribution in [0.2, 0.25) is 0 Å². The maximum Gasteiger partial charge on any atom is 0.356 e. The highest BCUT2D eigenvalue weighted by Gasteiger charge is 2.17. The Morgan fingerprint density at radius 1 is 1.17 bits per heavy atom. The molecule has 0 spiro atoms. The van der Waals surface area contributed by atoms with Crippen molar-refractivity contribution in [3.63, 3.8) is 0 Å². The summed E-state index contributed by atoms with van der Waals surface area (Å²) >= 11 is 1.63. The van der Waals surface area contributed by atoms with Gasteiger partial charge in [-0.3, -0.25) is 0 Å². The molecule has 0 atom stereocenters. The molecule has 2 amide bonds. The topological polar surface area (TPSA) is 130 Å². The summed E-state index contributed by atoms with van der Waals surface area (Å²) in [5.41, 5.74) is 7.41. The van der Waals surface area contributed by atoms with Gasteiger partial charge in [0.1, 0.15) is 0 Å². The van der Waals surface area contributed by atoms with Crippen LogP contribution < -0.4 is 5.73 Å². The quantitative estimate of drug-likeness (QED) is 0.346. The Hall–Kier alpha value is -3.33. The number of carboxylic acids is 1. The molecular weight excluding hydrogens is 404 g/mol. The van der Waals surface area contributed by atoms with Crippen molar-refractivity contribution in [2.24, 2.45) is 16.0 Å². The highest BCUT2D eigenvalue weighted by molar-refractivity contribution is 7.99. The summed E-state index contributed by atoms with van der Waals surface area (Å²) in [6.07, 6.45) is 1.60. The number of aromatic hydroxyl groups is 1. The minimum atomic E-state index is -0.938. The van der Waals surface area contributed by atoms with Gasteiger partial charge in [-0.1, -0.05) is 24.2 Å². The number of carbonyl (C=O) groups is 2. The molecule has 0 radical (unpaired) electrons. The van der Waals surface area contributed by atoms with Crippen LogP contribution in [0.1, 0.15) is 29.3 Å². The highest BCUT2D eigenvalue weighted by Crippen LogP contribution is 2.40. The Kier molecular flexibility index (Phi) is 6.73. The van der Waals surface area contributed by atoms with E-state index in [1.54, 1.807) is 28.5 Å². The minimum Gasteiger partial charge on any atom is -0.493 e. The molecule has 2 aromatic carbocycles. The molecule has 1 heterocycles. The van der Waals surface area contributed by atoms with E-state index in [0.717, 1.165) is 34.6 Å². The van der Waals surface area contributed by atoms with E-state index in [9.17, 15) is 14.7 Å². The third-order valence-electron chi connectivity index (χ3n) is 4.54. The average Bonchev–Trinajstić information content (AvgIpc) is 2.97. The number of nitrogens with zero attached hydrogens (tertiary/aromatic N) is 3. The molecule has 0 aliphatic heterocycles. The Morgan fingerprint density at radius 2 is 1.90 bits per heavy atom. The van der Waals surface area contributed by atoms with Gasteiger partial charge in [0.2, 0.25) is 5.88 Å². The summed E-state index contributed by atoms with van der Waals surface area (Å²) in [7, 11) is 0. The molecular formula is C21H22N4O4S. The summed E-state index contributed by atoms with van der Waals surface area (Å²) in [6.45, 7) is 2.61. The normalized spacial score (nSPS) is 11.4. The number of aromatic carboxylic acids is 1. The van der Waals surface area contributed by atoms with Crippen LogP contribution in [0.5, 0.6) is 5.88 Å². The van der Waals surface area contributed by atoms with Crippen LogP contribution in [0, 0.1) is 0 Å². The van der Waals surface area contributed by atoms with E-state index in [1.165, 1.54) is 0 Å². The summed E-state index contributed by atoms with van der Waals surface area (Å²) in [4.78, 5) is 22.9. The minimum absolute atomic E-state index is 0.0440. The Bertz CT molecular complexity index is 1110. The number of fused-ring (bicyclic) bond motifs is 1. The van der Waals surface area contributed by atoms with Gasteiger partial charge in [0.05, 0.1) is 11.1 Å². The van der Waals surface area contributed by atoms with E-state index < -0.39 is 12.0 Å². The second-order valence-corrected chi connectivity index (χ2v) is 7.81. The zero-order chi connectivity index (χ0) is 21.7. The van der Waals surface area contributed by atoms with Gasteiger partial charge in [0.15, 0.2) is 5.69 Å². The van der Waals surface area contributed by atoms with Crippen molar-refractivity contribution < 1.29 is 19.8 Å². The van der Waals surface area contributed by atoms with Gasteiger partial charge in [0.25, 0.3) is 0 Å². The molecule has 1 aromatic heterocycles. The van der Waals surface area contributed by atoms with Crippen molar-refractivity contribution in [1.82, 2.24) is 4.57 Å². The second kappa shape index (κ2) is 9.45. The predicted octanol–water partition coefficient (Wildman–Crippen LogP) is 4.95. The largest absolute Gasteiger partial charge is 0.493 e. The van der Waals surface area contributed by atoms with Crippen LogP contribution in [-0.2, 0) is 13.0 Å². The van der Waals surface area contributed by atoms with Crippen LogP contribution in [0.15, 0.2) is 57.6 Å². The van der Waals surface area contributed by atoms with Crippen molar-refractivity contribution in [3.05, 3.63) is 53.6 Å². The van der Waals surface area contributed by atoms with E-state index >= 15 is 0 Å². The number of carboxylic acid groups (broad SMARTS) is 1. The van der Waals surface area contributed by atoms with Gasteiger partial charge in [0, 0.05) is 22.6 Å². The molecule has 0 saturated carbocycles. The van der Waals surface area contributed by atoms with E-state index in [1.807, 2.05) is 37.3 Å². The number of aromatic nitrogens is 1. The standard InChI is InChI=1S/C21H22N4O4S/c1-2-10-25-17-8-7-15(12-16(17)18(19(25)26)23-24-21(22)29)30-11-9-13-3-5-14(6-4-13)20(27)28/h3-8,12,26H,2,9-11H2,1H3,(H2,22,29)(H,27,28). The molecule has 8 nitrogen and oxygen atoms in total. The lowest BCUT2D eigenvalue weighted by molar-refractivity contribution is 0.0697. The molecule has 9 heteroatoms. The number of hydrogen-bond acceptors (Lipinski definition) is 5. The molecule has 4 N–H and O–H groups in total. The summed E-state index contributed by atoms with van der Waals surface area (Å²) in [6, 6.07) is 11.7. The molecule has 0 fully saturated rings. The van der Waals surface area contributed by atoms with Gasteiger partial charge < -0.3 is 20.5 Å². The monoisotopic (exact) mass is 426 g/mol. The highest BCUT2D eigenvalue weighted by atomic mass is 32.2. The fourth-order valence-electron chi connectivity index (χ4n) is 3.14. The molecule has 0 saturated heterocycles. The van der Waals surface area contributed by atoms with E-state index in [-0.39, 0.29) is 17.1 Å². The number of hydrogen-bond donors (Lipinski definition) is 3. The number of nitrogens with two attached hydrogens (primary N) is 1. The first kappa shape index (κ1) is 21.4. The molecule has 0 aliphatic rings. The lowest BCUT2D eigenvalue weighted by atomic mass is 10.1. The number of rotatable bonds is 8. The second-order valence-electron chi connectivity index (χ2n) is 6.64. The van der Waals surface area contributed by atoms with E-state index in [2.05, 4.69) is 10.2 Å². The molecule has 0 unspecified atom stereocenters.